The van der Waals surface area contributed by atoms with E-state index in [1.54, 1.807) is 0 Å². The van der Waals surface area contributed by atoms with Gasteiger partial charge in [-0.25, -0.2) is 0 Å². The van der Waals surface area contributed by atoms with Crippen LogP contribution in [0.2, 0.25) is 0 Å². The minimum atomic E-state index is -1.37. The molecule has 0 bridgehead atoms. The van der Waals surface area contributed by atoms with Crippen LogP contribution in [0.4, 0.5) is 0 Å². The van der Waals surface area contributed by atoms with Crippen LogP contribution in [0.5, 0.6) is 0 Å². The number of carboxylic acids is 1. The molecule has 11 heteroatoms. The molecule has 0 aliphatic carbocycles. The molecule has 4 atom stereocenters. The number of carboxylic acid groups (broad SMARTS) is 1. The first-order valence-corrected chi connectivity index (χ1v) is 9.73. The van der Waals surface area contributed by atoms with Gasteiger partial charge in [-0.05, 0) is 38.6 Å². The van der Waals surface area contributed by atoms with Crippen molar-refractivity contribution in [2.75, 3.05) is 13.1 Å². The second-order valence-electron chi connectivity index (χ2n) is 7.42. The fourth-order valence-electron chi connectivity index (χ4n) is 2.55. The molecule has 0 saturated heterocycles. The van der Waals surface area contributed by atoms with E-state index in [0.29, 0.717) is 19.4 Å². The number of aliphatic hydroxyl groups is 1. The molecule has 168 valence electrons. The molecule has 0 radical (unpaired) electrons. The lowest BCUT2D eigenvalue weighted by atomic mass is 10.0. The zero-order valence-corrected chi connectivity index (χ0v) is 17.3. The number of unbranched alkanes of at least 4 members (excludes halogenated alkanes) is 1. The van der Waals surface area contributed by atoms with Crippen molar-refractivity contribution in [2.45, 2.75) is 70.7 Å². The predicted octanol–water partition coefficient (Wildman–Crippen LogP) is -1.96. The van der Waals surface area contributed by atoms with E-state index in [2.05, 4.69) is 16.0 Å². The molecular weight excluding hydrogens is 382 g/mol. The van der Waals surface area contributed by atoms with Crippen molar-refractivity contribution >= 4 is 23.7 Å². The van der Waals surface area contributed by atoms with Crippen LogP contribution in [0.3, 0.4) is 0 Å². The molecular formula is C18H35N5O6. The normalized spacial score (nSPS) is 15.1. The Bertz CT molecular complexity index is 555. The van der Waals surface area contributed by atoms with E-state index in [4.69, 9.17) is 16.6 Å². The minimum Gasteiger partial charge on any atom is -0.480 e. The Morgan fingerprint density at radius 1 is 0.966 bits per heavy atom. The van der Waals surface area contributed by atoms with Gasteiger partial charge in [-0.3, -0.25) is 19.2 Å². The molecule has 0 aliphatic rings. The third kappa shape index (κ3) is 11.4. The molecule has 4 unspecified atom stereocenters. The summed E-state index contributed by atoms with van der Waals surface area (Å²) in [6.45, 7) is 4.85. The summed E-state index contributed by atoms with van der Waals surface area (Å²) in [6.07, 6.45) is 0.850. The van der Waals surface area contributed by atoms with E-state index in [-0.39, 0.29) is 12.3 Å². The summed E-state index contributed by atoms with van der Waals surface area (Å²) in [7, 11) is 0. The molecule has 0 spiro atoms. The Kier molecular flexibility index (Phi) is 12.8. The number of carbonyl (C=O) groups is 4. The molecule has 0 saturated carbocycles. The van der Waals surface area contributed by atoms with Gasteiger partial charge in [0.2, 0.25) is 17.7 Å². The Hall–Kier alpha value is -2.24. The van der Waals surface area contributed by atoms with Crippen LogP contribution in [0, 0.1) is 5.92 Å². The monoisotopic (exact) mass is 417 g/mol. The Morgan fingerprint density at radius 2 is 1.59 bits per heavy atom. The SMILES string of the molecule is CC(C)CC(NC(=O)C(N)CCCCN)C(=O)NC(C(=O)NCC(=O)O)C(C)O. The van der Waals surface area contributed by atoms with Gasteiger partial charge in [0.1, 0.15) is 18.6 Å². The molecule has 3 amide bonds. The highest BCUT2D eigenvalue weighted by Crippen LogP contribution is 2.07. The lowest BCUT2D eigenvalue weighted by molar-refractivity contribution is -0.139. The van der Waals surface area contributed by atoms with E-state index in [1.165, 1.54) is 6.92 Å². The average Bonchev–Trinajstić information content (AvgIpc) is 2.62. The van der Waals surface area contributed by atoms with Gasteiger partial charge in [0.05, 0.1) is 12.1 Å². The number of nitrogens with one attached hydrogen (secondary N) is 3. The smallest absolute Gasteiger partial charge is 0.322 e. The number of carbonyl (C=O) groups excluding carboxylic acids is 3. The van der Waals surface area contributed by atoms with Crippen molar-refractivity contribution in [3.63, 3.8) is 0 Å². The first-order chi connectivity index (χ1) is 13.5. The van der Waals surface area contributed by atoms with Gasteiger partial charge < -0.3 is 37.6 Å². The van der Waals surface area contributed by atoms with Crippen LogP contribution in [0.25, 0.3) is 0 Å². The number of rotatable bonds is 14. The Balaban J connectivity index is 5.08. The van der Waals surface area contributed by atoms with Crippen molar-refractivity contribution in [3.05, 3.63) is 0 Å². The number of aliphatic hydroxyl groups excluding tert-OH is 1. The van der Waals surface area contributed by atoms with Crippen LogP contribution in [-0.2, 0) is 19.2 Å². The second kappa shape index (κ2) is 13.9. The van der Waals surface area contributed by atoms with Gasteiger partial charge in [0.15, 0.2) is 0 Å². The van der Waals surface area contributed by atoms with Crippen LogP contribution >= 0.6 is 0 Å². The van der Waals surface area contributed by atoms with Crippen LogP contribution in [0.1, 0.15) is 46.5 Å². The van der Waals surface area contributed by atoms with Gasteiger partial charge in [-0.15, -0.1) is 0 Å². The van der Waals surface area contributed by atoms with E-state index in [1.807, 2.05) is 13.8 Å². The first-order valence-electron chi connectivity index (χ1n) is 9.73. The average molecular weight is 418 g/mol. The van der Waals surface area contributed by atoms with E-state index in [9.17, 15) is 24.3 Å². The molecule has 0 heterocycles. The molecule has 0 fully saturated rings. The van der Waals surface area contributed by atoms with Crippen molar-refractivity contribution in [2.24, 2.45) is 17.4 Å². The molecule has 11 nitrogen and oxygen atoms in total. The summed E-state index contributed by atoms with van der Waals surface area (Å²) in [4.78, 5) is 47.7. The Morgan fingerprint density at radius 3 is 2.07 bits per heavy atom. The van der Waals surface area contributed by atoms with Crippen LogP contribution in [0.15, 0.2) is 0 Å². The largest absolute Gasteiger partial charge is 0.480 e. The maximum atomic E-state index is 12.7. The van der Waals surface area contributed by atoms with Crippen molar-refractivity contribution in [1.82, 2.24) is 16.0 Å². The number of aliphatic carboxylic acids is 1. The molecule has 29 heavy (non-hydrogen) atoms. The van der Waals surface area contributed by atoms with Crippen LogP contribution < -0.4 is 27.4 Å². The van der Waals surface area contributed by atoms with Gasteiger partial charge in [-0.2, -0.15) is 0 Å². The quantitative estimate of drug-likeness (QED) is 0.158. The zero-order chi connectivity index (χ0) is 22.6. The van der Waals surface area contributed by atoms with Gasteiger partial charge >= 0.3 is 5.97 Å². The maximum absolute atomic E-state index is 12.7. The summed E-state index contributed by atoms with van der Waals surface area (Å²) in [5, 5.41) is 25.5. The van der Waals surface area contributed by atoms with E-state index < -0.39 is 54.5 Å². The summed E-state index contributed by atoms with van der Waals surface area (Å²) in [5.74, 6) is -3.22. The highest BCUT2D eigenvalue weighted by Gasteiger charge is 2.31. The number of nitrogens with two attached hydrogens (primary N) is 2. The maximum Gasteiger partial charge on any atom is 0.322 e. The predicted molar refractivity (Wildman–Crippen MR) is 107 cm³/mol. The van der Waals surface area contributed by atoms with Crippen molar-refractivity contribution in [3.8, 4) is 0 Å². The fourth-order valence-corrected chi connectivity index (χ4v) is 2.55. The third-order valence-electron chi connectivity index (χ3n) is 4.12. The third-order valence-corrected chi connectivity index (χ3v) is 4.12. The molecule has 0 aliphatic heterocycles. The first kappa shape index (κ1) is 26.8. The topological polar surface area (TPSA) is 197 Å². The lowest BCUT2D eigenvalue weighted by Crippen LogP contribution is -2.58. The highest BCUT2D eigenvalue weighted by atomic mass is 16.4. The van der Waals surface area contributed by atoms with Crippen molar-refractivity contribution < 1.29 is 29.4 Å². The summed E-state index contributed by atoms with van der Waals surface area (Å²) in [5.41, 5.74) is 11.3. The lowest BCUT2D eigenvalue weighted by Gasteiger charge is -2.26. The summed E-state index contributed by atoms with van der Waals surface area (Å²) < 4.78 is 0. The highest BCUT2D eigenvalue weighted by molar-refractivity contribution is 5.93. The molecule has 0 rings (SSSR count). The Labute approximate surface area is 171 Å². The van der Waals surface area contributed by atoms with Gasteiger partial charge in [-0.1, -0.05) is 20.3 Å². The van der Waals surface area contributed by atoms with E-state index >= 15 is 0 Å². The molecule has 9 N–H and O–H groups in total. The standard InChI is InChI=1S/C18H35N5O6/c1-10(2)8-13(22-16(27)12(20)6-4-5-7-19)17(28)23-15(11(3)24)18(29)21-9-14(25)26/h10-13,15,24H,4-9,19-20H2,1-3H3,(H,21,29)(H,22,27)(H,23,28)(H,25,26). The van der Waals surface area contributed by atoms with Gasteiger partial charge in [0.25, 0.3) is 0 Å². The minimum absolute atomic E-state index is 0.0466. The number of amides is 3. The molecule has 0 aromatic carbocycles. The number of hydrogen-bond acceptors (Lipinski definition) is 7. The van der Waals surface area contributed by atoms with Crippen LogP contribution in [-0.4, -0.2) is 71.2 Å². The zero-order valence-electron chi connectivity index (χ0n) is 17.3. The van der Waals surface area contributed by atoms with Gasteiger partial charge in [0, 0.05) is 0 Å². The van der Waals surface area contributed by atoms with E-state index in [0.717, 1.165) is 6.42 Å². The van der Waals surface area contributed by atoms with Crippen molar-refractivity contribution in [1.29, 1.82) is 0 Å². The second-order valence-corrected chi connectivity index (χ2v) is 7.42. The molecule has 0 aromatic rings. The summed E-state index contributed by atoms with van der Waals surface area (Å²) in [6, 6.07) is -3.13. The fraction of sp³-hybridized carbons (Fsp3) is 0.778. The summed E-state index contributed by atoms with van der Waals surface area (Å²) >= 11 is 0. The molecule has 0 aromatic heterocycles. The number of hydrogen-bond donors (Lipinski definition) is 7.